The second-order valence-electron chi connectivity index (χ2n) is 14.1. The number of aromatic carboxylic acids is 1. The number of carbonyl (C=O) groups is 4. The highest BCUT2D eigenvalue weighted by atomic mass is 16.4. The van der Waals surface area contributed by atoms with Crippen LogP contribution in [0.4, 0.5) is 17.3 Å². The second-order valence-corrected chi connectivity index (χ2v) is 14.1. The van der Waals surface area contributed by atoms with Crippen LogP contribution >= 0.6 is 0 Å². The van der Waals surface area contributed by atoms with Crippen LogP contribution in [-0.2, 0) is 16.1 Å². The van der Waals surface area contributed by atoms with Crippen molar-refractivity contribution in [2.45, 2.75) is 25.4 Å². The van der Waals surface area contributed by atoms with Gasteiger partial charge in [-0.2, -0.15) is 4.98 Å². The molecule has 7 rings (SSSR count). The Morgan fingerprint density at radius 2 is 1.62 bits per heavy atom. The molecule has 1 aliphatic carbocycles. The maximum absolute atomic E-state index is 12.9. The first kappa shape index (κ1) is 42.3. The molecule has 0 saturated heterocycles. The highest BCUT2D eigenvalue weighted by Gasteiger charge is 2.24. The summed E-state index contributed by atoms with van der Waals surface area (Å²) in [6.45, 7) is 4.44. The van der Waals surface area contributed by atoms with E-state index in [1.807, 2.05) is 0 Å². The van der Waals surface area contributed by atoms with Crippen LogP contribution in [0.25, 0.3) is 44.6 Å². The molecule has 0 radical (unpaired) electrons. The number of amides is 2. The van der Waals surface area contributed by atoms with Gasteiger partial charge in [-0.05, 0) is 72.6 Å². The predicted octanol–water partition coefficient (Wildman–Crippen LogP) is 3.44. The Bertz CT molecular complexity index is 3020. The summed E-state index contributed by atoms with van der Waals surface area (Å²) in [5, 5.41) is 44.8. The molecule has 320 valence electrons. The van der Waals surface area contributed by atoms with Gasteiger partial charge in [0.15, 0.2) is 16.6 Å². The van der Waals surface area contributed by atoms with Crippen LogP contribution in [0.3, 0.4) is 0 Å². The Kier molecular flexibility index (Phi) is 12.2. The number of phenols is 1. The normalized spacial score (nSPS) is 11.5. The summed E-state index contributed by atoms with van der Waals surface area (Å²) in [5.41, 5.74) is 8.01. The van der Waals surface area contributed by atoms with Crippen molar-refractivity contribution in [2.75, 3.05) is 29.5 Å². The van der Waals surface area contributed by atoms with Gasteiger partial charge < -0.3 is 52.1 Å². The first-order chi connectivity index (χ1) is 30.2. The monoisotopic (exact) mass is 854 g/mol. The van der Waals surface area contributed by atoms with Crippen molar-refractivity contribution >= 4 is 63.2 Å². The third kappa shape index (κ3) is 9.98. The molecule has 2 aliphatic rings. The van der Waals surface area contributed by atoms with Gasteiger partial charge in [-0.3, -0.25) is 24.2 Å². The third-order valence-electron chi connectivity index (χ3n) is 9.65. The molecule has 1 atom stereocenters. The van der Waals surface area contributed by atoms with Gasteiger partial charge >= 0.3 is 11.9 Å². The number of anilines is 3. The summed E-state index contributed by atoms with van der Waals surface area (Å²) in [6, 6.07) is 18.2. The lowest BCUT2D eigenvalue weighted by atomic mass is 9.90. The summed E-state index contributed by atoms with van der Waals surface area (Å²) >= 11 is 0. The molecule has 0 spiro atoms. The van der Waals surface area contributed by atoms with E-state index in [9.17, 15) is 44.1 Å². The first-order valence-corrected chi connectivity index (χ1v) is 19.1. The number of carboxylic acid groups (broad SMARTS) is 2. The van der Waals surface area contributed by atoms with E-state index in [1.54, 1.807) is 36.4 Å². The zero-order valence-corrected chi connectivity index (χ0v) is 33.0. The average Bonchev–Trinajstić information content (AvgIpc) is 3.25. The van der Waals surface area contributed by atoms with Crippen LogP contribution in [0.15, 0.2) is 111 Å². The number of nitrogens with one attached hydrogen (secondary N) is 6. The van der Waals surface area contributed by atoms with Crippen molar-refractivity contribution in [3.63, 3.8) is 0 Å². The van der Waals surface area contributed by atoms with Crippen molar-refractivity contribution in [3.05, 3.63) is 135 Å². The van der Waals surface area contributed by atoms with E-state index in [4.69, 9.17) is 10.2 Å². The fraction of sp³-hybridized carbons (Fsp3) is 0.140. The molecule has 3 aromatic carbocycles. The Morgan fingerprint density at radius 1 is 0.873 bits per heavy atom. The molecule has 5 aromatic rings. The maximum Gasteiger partial charge on any atom is 0.336 e. The Balaban J connectivity index is 0.874. The fourth-order valence-corrected chi connectivity index (χ4v) is 6.65. The number of aromatic amines is 1. The minimum Gasteiger partial charge on any atom is -0.508 e. The van der Waals surface area contributed by atoms with Crippen LogP contribution in [0.2, 0.25) is 0 Å². The maximum atomic E-state index is 12.9. The molecule has 0 unspecified atom stereocenters. The number of fused-ring (bicyclic) bond motifs is 3. The van der Waals surface area contributed by atoms with E-state index < -0.39 is 35.4 Å². The summed E-state index contributed by atoms with van der Waals surface area (Å²) < 4.78 is 5.88. The molecule has 0 bridgehead atoms. The summed E-state index contributed by atoms with van der Waals surface area (Å²) in [7, 11) is 0. The molecule has 20 heteroatoms. The Hall–Kier alpha value is -8.81. The number of H-pyrrole nitrogens is 1. The van der Waals surface area contributed by atoms with E-state index in [0.717, 1.165) is 0 Å². The van der Waals surface area contributed by atoms with E-state index in [1.165, 1.54) is 48.7 Å². The van der Waals surface area contributed by atoms with Crippen LogP contribution in [0, 0.1) is 0 Å². The topological polar surface area (TPSA) is 317 Å². The number of benzene rings is 4. The smallest absolute Gasteiger partial charge is 0.336 e. The van der Waals surface area contributed by atoms with Gasteiger partial charge in [0.1, 0.15) is 23.1 Å². The number of rotatable bonds is 17. The van der Waals surface area contributed by atoms with Crippen molar-refractivity contribution in [2.24, 2.45) is 0 Å². The van der Waals surface area contributed by atoms with Crippen molar-refractivity contribution in [1.82, 2.24) is 35.9 Å². The molecule has 0 saturated carbocycles. The van der Waals surface area contributed by atoms with E-state index >= 15 is 0 Å². The van der Waals surface area contributed by atoms with Crippen LogP contribution < -0.4 is 43.3 Å². The number of aliphatic carboxylic acids is 1. The van der Waals surface area contributed by atoms with Gasteiger partial charge in [0.05, 0.1) is 29.8 Å². The molecular formula is C43H38N10O10. The minimum absolute atomic E-state index is 0.0336. The molecule has 1 aliphatic heterocycles. The number of phenolic OH excluding ortho intramolecular Hbond substituents is 1. The fourth-order valence-electron chi connectivity index (χ4n) is 6.65. The largest absolute Gasteiger partial charge is 0.508 e. The first-order valence-electron chi connectivity index (χ1n) is 19.1. The summed E-state index contributed by atoms with van der Waals surface area (Å²) in [5.74, 6) is -3.27. The number of nitrogen functional groups attached to an aromatic ring is 1. The van der Waals surface area contributed by atoms with Crippen LogP contribution in [-0.4, -0.2) is 78.1 Å². The number of hydrogen-bond acceptors (Lipinski definition) is 15. The SMILES string of the molecule is C=C(NCCNC(=O)CC[C@H](NC(=O)c1ccc(NCc2cnc3nc(N)[nH]c(=O)c3n2)cc1)C(=O)O)Nc1ccc(-c2c3ccc(=O)cc-3oc3cc(O)ccc23)c(C(=O)O)c1. The van der Waals surface area contributed by atoms with E-state index in [0.29, 0.717) is 45.0 Å². The van der Waals surface area contributed by atoms with Crippen LogP contribution in [0.5, 0.6) is 5.75 Å². The molecular weight excluding hydrogens is 817 g/mol. The molecule has 0 fully saturated rings. The number of nitrogens with zero attached hydrogens (tertiary/aromatic N) is 3. The lowest BCUT2D eigenvalue weighted by Gasteiger charge is -2.18. The van der Waals surface area contributed by atoms with Gasteiger partial charge in [0.25, 0.3) is 11.5 Å². The van der Waals surface area contributed by atoms with Gasteiger partial charge in [0, 0.05) is 65.1 Å². The van der Waals surface area contributed by atoms with E-state index in [-0.39, 0.29) is 83.2 Å². The molecule has 11 N–H and O–H groups in total. The zero-order valence-electron chi connectivity index (χ0n) is 33.0. The molecule has 63 heavy (non-hydrogen) atoms. The highest BCUT2D eigenvalue weighted by Crippen LogP contribution is 2.42. The number of hydrogen-bond donors (Lipinski definition) is 10. The molecule has 2 amide bonds. The number of carbonyl (C=O) groups excluding carboxylic acids is 2. The lowest BCUT2D eigenvalue weighted by molar-refractivity contribution is -0.139. The van der Waals surface area contributed by atoms with Crippen molar-refractivity contribution in [3.8, 4) is 28.2 Å². The quantitative estimate of drug-likeness (QED) is 0.0463. The van der Waals surface area contributed by atoms with Crippen molar-refractivity contribution in [1.29, 1.82) is 0 Å². The number of aromatic hydroxyl groups is 1. The van der Waals surface area contributed by atoms with E-state index in [2.05, 4.69) is 53.1 Å². The number of nitrogens with two attached hydrogens (primary N) is 1. The van der Waals surface area contributed by atoms with Crippen LogP contribution in [0.1, 0.15) is 39.3 Å². The highest BCUT2D eigenvalue weighted by molar-refractivity contribution is 6.08. The second kappa shape index (κ2) is 18.2. The Morgan fingerprint density at radius 3 is 2.38 bits per heavy atom. The average molecular weight is 855 g/mol. The number of aromatic nitrogens is 4. The summed E-state index contributed by atoms with van der Waals surface area (Å²) in [6.07, 6.45) is 1.07. The Labute approximate surface area is 355 Å². The lowest BCUT2D eigenvalue weighted by Crippen LogP contribution is -2.42. The van der Waals surface area contributed by atoms with Gasteiger partial charge in [-0.15, -0.1) is 0 Å². The zero-order chi connectivity index (χ0) is 44.8. The molecule has 3 heterocycles. The van der Waals surface area contributed by atoms with Gasteiger partial charge in [0.2, 0.25) is 11.9 Å². The third-order valence-corrected chi connectivity index (χ3v) is 9.65. The van der Waals surface area contributed by atoms with Crippen molar-refractivity contribution < 1.29 is 38.9 Å². The molecule has 20 nitrogen and oxygen atoms in total. The molecule has 2 aromatic heterocycles. The standard InChI is InChI=1S/C43H38N10O10/c1-21(49-24-6-9-28(31(16-24)41(59)60)36-29-10-7-26(54)17-33(29)63-34-18-27(55)8-11-30(34)36)45-14-15-46-35(56)13-12-32(42(61)62)51-39(57)22-2-4-23(5-3-22)47-19-25-20-48-38-37(50-25)40(58)53-43(44)52-38/h2-11,16-18,20,32,45,47,49,54H,1,12-15,19H2,(H,46,56)(H,51,57)(H,59,60)(H,61,62)(H3,44,48,52,53,58)/t32-/m0/s1. The predicted molar refractivity (Wildman–Crippen MR) is 231 cm³/mol. The minimum atomic E-state index is -1.35. The number of carboxylic acids is 2. The van der Waals surface area contributed by atoms with Gasteiger partial charge in [-0.1, -0.05) is 12.6 Å². The van der Waals surface area contributed by atoms with Gasteiger partial charge in [-0.25, -0.2) is 19.6 Å². The summed E-state index contributed by atoms with van der Waals surface area (Å²) in [4.78, 5) is 88.9.